The summed E-state index contributed by atoms with van der Waals surface area (Å²) in [6.45, 7) is 0. The molecule has 0 aliphatic carbocycles. The predicted octanol–water partition coefficient (Wildman–Crippen LogP) is -3.71. The van der Waals surface area contributed by atoms with E-state index in [1.54, 1.807) is 0 Å². The summed E-state index contributed by atoms with van der Waals surface area (Å²) >= 11 is 0. The van der Waals surface area contributed by atoms with Crippen LogP contribution in [-0.2, 0) is 40.7 Å². The number of carboxylic acid groups (broad SMARTS) is 1. The highest BCUT2D eigenvalue weighted by atomic mass is 32.2. The molecule has 0 spiro atoms. The fourth-order valence-corrected chi connectivity index (χ4v) is 6.33. The van der Waals surface area contributed by atoms with Crippen molar-refractivity contribution in [2.75, 3.05) is 35.0 Å². The normalized spacial score (nSPS) is 23.2. The third-order valence-electron chi connectivity index (χ3n) is 5.58. The van der Waals surface area contributed by atoms with E-state index in [-0.39, 0.29) is 36.0 Å². The first-order chi connectivity index (χ1) is 18.0. The molecule has 2 aromatic rings. The van der Waals surface area contributed by atoms with Gasteiger partial charge in [-0.25, -0.2) is 15.0 Å². The maximum Gasteiger partial charge on any atom is 0.264 e. The van der Waals surface area contributed by atoms with Crippen molar-refractivity contribution in [2.24, 2.45) is 5.73 Å². The van der Waals surface area contributed by atoms with E-state index >= 15 is 0 Å². The Hall–Kier alpha value is -2.17. The standard InChI is InChI=1S/C15H22N6O5S.C4H10O6S2/c1-27(3-2-7(16)15(24)25)4-8-10(22)11(23)14(26-8)21-6-20-9-12(17)18-5-19-13(9)21;5-11(6,7)3-1-2-4-12(8,9)10/h5-8,10-11,14,22-23H,2-4,16H2,1H3,(H2-,17,18,19,24,25);1-4H2,(H,5,6,7)(H,8,9,10)/t7?,8-,10-,11-,14-,27?;/m1./s1. The topological polar surface area (TPSA) is 294 Å². The number of nitrogens with zero attached hydrogens (tertiary/aromatic N) is 4. The van der Waals surface area contributed by atoms with Crippen LogP contribution >= 0.6 is 0 Å². The molecule has 0 radical (unpaired) electrons. The third-order valence-corrected chi connectivity index (χ3v) is 9.02. The molecule has 222 valence electrons. The van der Waals surface area contributed by atoms with Gasteiger partial charge in [0.2, 0.25) is 0 Å². The molecule has 17 nitrogen and oxygen atoms in total. The summed E-state index contributed by atoms with van der Waals surface area (Å²) in [4.78, 5) is 22.8. The van der Waals surface area contributed by atoms with E-state index in [9.17, 15) is 36.9 Å². The summed E-state index contributed by atoms with van der Waals surface area (Å²) in [5, 5.41) is 31.5. The summed E-state index contributed by atoms with van der Waals surface area (Å²) in [6.07, 6.45) is 1.19. The second-order valence-electron chi connectivity index (χ2n) is 8.77. The van der Waals surface area contributed by atoms with Gasteiger partial charge in [-0.2, -0.15) is 16.8 Å². The van der Waals surface area contributed by atoms with Crippen molar-refractivity contribution in [3.8, 4) is 0 Å². The van der Waals surface area contributed by atoms with Crippen LogP contribution in [0.15, 0.2) is 12.7 Å². The smallest absolute Gasteiger partial charge is 0.264 e. The van der Waals surface area contributed by atoms with Gasteiger partial charge in [0.05, 0.1) is 30.1 Å². The molecule has 2 aromatic heterocycles. The number of aliphatic carboxylic acids is 1. The number of aliphatic hydroxyl groups is 2. The number of carbonyl (C=O) groups is 1. The minimum atomic E-state index is -4.02. The molecular formula is C19H32N6O11S3. The fraction of sp³-hybridized carbons (Fsp3) is 0.684. The summed E-state index contributed by atoms with van der Waals surface area (Å²) in [5.74, 6) is -1.03. The Labute approximate surface area is 227 Å². The zero-order chi connectivity index (χ0) is 29.5. The Balaban J connectivity index is 0.000000377. The lowest BCUT2D eigenvalue weighted by molar-refractivity contribution is -0.307. The summed E-state index contributed by atoms with van der Waals surface area (Å²) in [6, 6.07) is -1.02. The quantitative estimate of drug-likeness (QED) is 0.0759. The van der Waals surface area contributed by atoms with E-state index < -0.39 is 68.3 Å². The predicted molar refractivity (Wildman–Crippen MR) is 138 cm³/mol. The number of carboxylic acids is 1. The Bertz CT molecular complexity index is 1290. The average Bonchev–Trinajstić information content (AvgIpc) is 3.37. The number of unbranched alkanes of at least 4 members (excludes halogenated alkanes) is 1. The first-order valence-electron chi connectivity index (χ1n) is 11.4. The number of hydrogen-bond acceptors (Lipinski definition) is 14. The first-order valence-corrected chi connectivity index (χ1v) is 16.6. The van der Waals surface area contributed by atoms with Gasteiger partial charge in [0.1, 0.15) is 41.7 Å². The van der Waals surface area contributed by atoms with Crippen LogP contribution in [0.4, 0.5) is 5.82 Å². The van der Waals surface area contributed by atoms with Gasteiger partial charge in [0.25, 0.3) is 20.2 Å². The highest BCUT2D eigenvalue weighted by Gasteiger charge is 2.46. The van der Waals surface area contributed by atoms with Crippen molar-refractivity contribution in [2.45, 2.75) is 49.8 Å². The Morgan fingerprint density at radius 2 is 1.72 bits per heavy atom. The van der Waals surface area contributed by atoms with Crippen LogP contribution in [0.25, 0.3) is 11.2 Å². The Morgan fingerprint density at radius 1 is 1.13 bits per heavy atom. The minimum Gasteiger partial charge on any atom is -0.548 e. The number of aromatic nitrogens is 4. The van der Waals surface area contributed by atoms with Crippen LogP contribution < -0.4 is 16.6 Å². The van der Waals surface area contributed by atoms with Crippen LogP contribution in [0.1, 0.15) is 25.5 Å². The van der Waals surface area contributed by atoms with Gasteiger partial charge in [0.15, 0.2) is 17.7 Å². The van der Waals surface area contributed by atoms with Gasteiger partial charge >= 0.3 is 0 Å². The van der Waals surface area contributed by atoms with Crippen molar-refractivity contribution < 1.29 is 50.8 Å². The lowest BCUT2D eigenvalue weighted by Crippen LogP contribution is -2.43. The van der Waals surface area contributed by atoms with E-state index in [0.717, 1.165) is 0 Å². The number of nitrogen functional groups attached to an aromatic ring is 1. The molecule has 0 bridgehead atoms. The van der Waals surface area contributed by atoms with Gasteiger partial charge < -0.3 is 36.3 Å². The molecule has 0 aromatic carbocycles. The van der Waals surface area contributed by atoms with E-state index in [0.29, 0.717) is 22.7 Å². The number of aliphatic hydroxyl groups excluding tert-OH is 2. The molecule has 1 aliphatic rings. The third kappa shape index (κ3) is 10.4. The fourth-order valence-electron chi connectivity index (χ4n) is 3.53. The highest BCUT2D eigenvalue weighted by molar-refractivity contribution is 7.96. The van der Waals surface area contributed by atoms with Gasteiger partial charge in [-0.3, -0.25) is 13.7 Å². The first kappa shape index (κ1) is 33.0. The summed E-state index contributed by atoms with van der Waals surface area (Å²) < 4.78 is 64.2. The van der Waals surface area contributed by atoms with Crippen molar-refractivity contribution in [3.05, 3.63) is 12.7 Å². The lowest BCUT2D eigenvalue weighted by Gasteiger charge is -2.16. The van der Waals surface area contributed by atoms with Gasteiger partial charge in [0, 0.05) is 12.5 Å². The minimum absolute atomic E-state index is 0.0125. The van der Waals surface area contributed by atoms with Gasteiger partial charge in [-0.05, 0) is 23.7 Å². The average molecular weight is 617 g/mol. The number of fused-ring (bicyclic) bond motifs is 1. The van der Waals surface area contributed by atoms with Crippen LogP contribution in [0.2, 0.25) is 0 Å². The Kier molecular flexibility index (Phi) is 11.8. The maximum atomic E-state index is 10.7. The molecule has 2 unspecified atom stereocenters. The number of ether oxygens (including phenoxy) is 1. The monoisotopic (exact) mass is 616 g/mol. The van der Waals surface area contributed by atoms with E-state index in [4.69, 9.17) is 25.3 Å². The molecule has 3 rings (SSSR count). The molecule has 1 saturated heterocycles. The lowest BCUT2D eigenvalue weighted by atomic mass is 10.1. The van der Waals surface area contributed by atoms with Crippen molar-refractivity contribution in [1.29, 1.82) is 0 Å². The van der Waals surface area contributed by atoms with Crippen LogP contribution in [0.3, 0.4) is 0 Å². The van der Waals surface area contributed by atoms with Crippen molar-refractivity contribution in [1.82, 2.24) is 19.5 Å². The number of nitrogens with two attached hydrogens (primary N) is 2. The molecule has 20 heteroatoms. The molecule has 8 N–H and O–H groups in total. The number of rotatable bonds is 12. The molecule has 3 heterocycles. The summed E-state index contributed by atoms with van der Waals surface area (Å²) in [5.41, 5.74) is 12.0. The van der Waals surface area contributed by atoms with Gasteiger partial charge in [-0.1, -0.05) is 0 Å². The molecule has 0 saturated carbocycles. The molecule has 39 heavy (non-hydrogen) atoms. The second-order valence-corrected chi connectivity index (χ2v) is 14.2. The number of imidazole rings is 1. The molecule has 1 aliphatic heterocycles. The number of hydrogen-bond donors (Lipinski definition) is 6. The largest absolute Gasteiger partial charge is 0.548 e. The zero-order valence-electron chi connectivity index (χ0n) is 20.8. The van der Waals surface area contributed by atoms with Crippen LogP contribution in [0, 0.1) is 0 Å². The van der Waals surface area contributed by atoms with Gasteiger partial charge in [-0.15, -0.1) is 0 Å². The van der Waals surface area contributed by atoms with E-state index in [1.165, 1.54) is 17.2 Å². The second kappa shape index (κ2) is 13.9. The van der Waals surface area contributed by atoms with Crippen LogP contribution in [0.5, 0.6) is 0 Å². The van der Waals surface area contributed by atoms with E-state index in [1.807, 2.05) is 6.26 Å². The van der Waals surface area contributed by atoms with Crippen LogP contribution in [-0.4, -0.2) is 115 Å². The molecule has 6 atom stereocenters. The number of carbonyl (C=O) groups excluding carboxylic acids is 1. The summed E-state index contributed by atoms with van der Waals surface area (Å²) in [7, 11) is -8.30. The van der Waals surface area contributed by atoms with E-state index in [2.05, 4.69) is 15.0 Å². The number of anilines is 1. The van der Waals surface area contributed by atoms with Crippen molar-refractivity contribution >= 4 is 54.1 Å². The van der Waals surface area contributed by atoms with Crippen molar-refractivity contribution in [3.63, 3.8) is 0 Å². The Morgan fingerprint density at radius 3 is 2.26 bits per heavy atom. The molecule has 1 fully saturated rings. The maximum absolute atomic E-state index is 10.7. The SMILES string of the molecule is C[S+](CCC(N)C(=O)[O-])C[C@H]1O[C@@H](n2cnc3c(N)ncnc32)[C@H](O)[C@@H]1O.O=S(=O)(O)CCCCS(=O)(=O)O. The molecular weight excluding hydrogens is 584 g/mol. The zero-order valence-corrected chi connectivity index (χ0v) is 23.3. The molecule has 0 amide bonds. The highest BCUT2D eigenvalue weighted by Crippen LogP contribution is 2.32.